The van der Waals surface area contributed by atoms with E-state index < -0.39 is 0 Å². The highest BCUT2D eigenvalue weighted by atomic mass is 32.1. The first-order chi connectivity index (χ1) is 6.77. The van der Waals surface area contributed by atoms with Crippen molar-refractivity contribution in [3.8, 4) is 0 Å². The molecule has 1 aromatic heterocycles. The maximum absolute atomic E-state index is 5.51. The molecule has 0 aromatic carbocycles. The lowest BCUT2D eigenvalue weighted by Crippen LogP contribution is -2.34. The van der Waals surface area contributed by atoms with Crippen LogP contribution in [0.2, 0.25) is 0 Å². The second kappa shape index (κ2) is 4.43. The summed E-state index contributed by atoms with van der Waals surface area (Å²) in [5.41, 5.74) is 1.40. The number of hydrogen-bond donors (Lipinski definition) is 1. The Morgan fingerprint density at radius 1 is 1.64 bits per heavy atom. The molecule has 0 saturated carbocycles. The predicted octanol–water partition coefficient (Wildman–Crippen LogP) is 2.32. The van der Waals surface area contributed by atoms with Gasteiger partial charge in [-0.15, -0.1) is 11.3 Å². The van der Waals surface area contributed by atoms with Gasteiger partial charge < -0.3 is 10.1 Å². The van der Waals surface area contributed by atoms with Crippen molar-refractivity contribution >= 4 is 11.3 Å². The lowest BCUT2D eigenvalue weighted by Gasteiger charge is -2.15. The molecule has 3 heteroatoms. The number of hydrogen-bond acceptors (Lipinski definition) is 3. The monoisotopic (exact) mass is 211 g/mol. The molecular weight excluding hydrogens is 194 g/mol. The summed E-state index contributed by atoms with van der Waals surface area (Å²) in [5, 5.41) is 5.71. The number of ether oxygens (including phenoxy) is 1. The molecule has 0 radical (unpaired) electrons. The number of aryl methyl sites for hydroxylation is 1. The molecule has 0 unspecified atom stereocenters. The quantitative estimate of drug-likeness (QED) is 0.828. The molecule has 2 rings (SSSR count). The topological polar surface area (TPSA) is 21.3 Å². The summed E-state index contributed by atoms with van der Waals surface area (Å²) in [6.07, 6.45) is 1.52. The lowest BCUT2D eigenvalue weighted by atomic mass is 10.1. The van der Waals surface area contributed by atoms with Gasteiger partial charge in [-0.05, 0) is 37.3 Å². The van der Waals surface area contributed by atoms with Gasteiger partial charge in [0, 0.05) is 24.1 Å². The second-order valence-corrected chi connectivity index (χ2v) is 4.88. The molecule has 1 aliphatic heterocycles. The van der Waals surface area contributed by atoms with Crippen molar-refractivity contribution in [2.24, 2.45) is 0 Å². The number of rotatable bonds is 3. The van der Waals surface area contributed by atoms with Crippen LogP contribution in [0.3, 0.4) is 0 Å². The van der Waals surface area contributed by atoms with Gasteiger partial charge in [0.2, 0.25) is 0 Å². The third-order valence-electron chi connectivity index (χ3n) is 2.87. The first kappa shape index (κ1) is 10.1. The lowest BCUT2D eigenvalue weighted by molar-refractivity contribution is 0.113. The van der Waals surface area contributed by atoms with E-state index in [9.17, 15) is 0 Å². The molecule has 2 heterocycles. The molecule has 1 fully saturated rings. The highest BCUT2D eigenvalue weighted by molar-refractivity contribution is 7.10. The van der Waals surface area contributed by atoms with Crippen LogP contribution in [0.5, 0.6) is 0 Å². The van der Waals surface area contributed by atoms with E-state index in [1.54, 1.807) is 0 Å². The van der Waals surface area contributed by atoms with Crippen LogP contribution in [-0.2, 0) is 11.3 Å². The molecule has 2 atom stereocenters. The Balaban J connectivity index is 1.85. The van der Waals surface area contributed by atoms with Crippen molar-refractivity contribution in [1.82, 2.24) is 5.32 Å². The van der Waals surface area contributed by atoms with Crippen LogP contribution in [0.1, 0.15) is 23.8 Å². The van der Waals surface area contributed by atoms with Gasteiger partial charge in [0.25, 0.3) is 0 Å². The van der Waals surface area contributed by atoms with Crippen molar-refractivity contribution in [3.05, 3.63) is 21.9 Å². The third-order valence-corrected chi connectivity index (χ3v) is 3.89. The van der Waals surface area contributed by atoms with Crippen molar-refractivity contribution in [3.63, 3.8) is 0 Å². The molecule has 78 valence electrons. The van der Waals surface area contributed by atoms with Crippen LogP contribution >= 0.6 is 11.3 Å². The van der Waals surface area contributed by atoms with E-state index in [-0.39, 0.29) is 0 Å². The van der Waals surface area contributed by atoms with E-state index in [2.05, 4.69) is 30.6 Å². The molecule has 0 amide bonds. The minimum atomic E-state index is 0.371. The summed E-state index contributed by atoms with van der Waals surface area (Å²) in [5.74, 6) is 0. The Morgan fingerprint density at radius 3 is 3.07 bits per heavy atom. The first-order valence-corrected chi connectivity index (χ1v) is 6.03. The van der Waals surface area contributed by atoms with Gasteiger partial charge in [-0.1, -0.05) is 0 Å². The third kappa shape index (κ3) is 2.16. The fourth-order valence-corrected chi connectivity index (χ4v) is 2.67. The maximum Gasteiger partial charge on any atom is 0.0700 e. The highest BCUT2D eigenvalue weighted by Gasteiger charge is 2.23. The van der Waals surface area contributed by atoms with E-state index in [1.807, 2.05) is 11.3 Å². The molecule has 0 spiro atoms. The maximum atomic E-state index is 5.51. The van der Waals surface area contributed by atoms with Crippen LogP contribution in [0, 0.1) is 6.92 Å². The van der Waals surface area contributed by atoms with Crippen molar-refractivity contribution in [2.75, 3.05) is 6.61 Å². The second-order valence-electron chi connectivity index (χ2n) is 3.88. The Hall–Kier alpha value is -0.380. The molecule has 1 aromatic rings. The van der Waals surface area contributed by atoms with Crippen molar-refractivity contribution in [2.45, 2.75) is 39.0 Å². The Kier molecular flexibility index (Phi) is 3.21. The smallest absolute Gasteiger partial charge is 0.0700 e. The zero-order chi connectivity index (χ0) is 9.97. The number of nitrogens with one attached hydrogen (secondary N) is 1. The van der Waals surface area contributed by atoms with E-state index in [1.165, 1.54) is 10.4 Å². The molecule has 14 heavy (non-hydrogen) atoms. The SMILES string of the molecule is Cc1ccsc1CN[C@@H]1CCO[C@@H]1C. The van der Waals surface area contributed by atoms with Gasteiger partial charge in [0.1, 0.15) is 0 Å². The van der Waals surface area contributed by atoms with Gasteiger partial charge in [-0.2, -0.15) is 0 Å². The van der Waals surface area contributed by atoms with Gasteiger partial charge in [-0.25, -0.2) is 0 Å². The van der Waals surface area contributed by atoms with E-state index >= 15 is 0 Å². The zero-order valence-corrected chi connectivity index (χ0v) is 9.56. The van der Waals surface area contributed by atoms with Crippen LogP contribution in [-0.4, -0.2) is 18.8 Å². The molecule has 0 aliphatic carbocycles. The normalized spacial score (nSPS) is 27.0. The van der Waals surface area contributed by atoms with Crippen LogP contribution in [0.25, 0.3) is 0 Å². The molecule has 1 N–H and O–H groups in total. The van der Waals surface area contributed by atoms with Crippen LogP contribution in [0.4, 0.5) is 0 Å². The Morgan fingerprint density at radius 2 is 2.50 bits per heavy atom. The van der Waals surface area contributed by atoms with Gasteiger partial charge in [-0.3, -0.25) is 0 Å². The van der Waals surface area contributed by atoms with Crippen LogP contribution < -0.4 is 5.32 Å². The minimum absolute atomic E-state index is 0.371. The van der Waals surface area contributed by atoms with Gasteiger partial charge in [0.15, 0.2) is 0 Å². The Bertz CT molecular complexity index is 297. The predicted molar refractivity (Wildman–Crippen MR) is 59.7 cm³/mol. The summed E-state index contributed by atoms with van der Waals surface area (Å²) in [7, 11) is 0. The molecule has 0 bridgehead atoms. The highest BCUT2D eigenvalue weighted by Crippen LogP contribution is 2.17. The standard InChI is InChI=1S/C11H17NOS/c1-8-4-6-14-11(8)7-12-10-3-5-13-9(10)2/h4,6,9-10,12H,3,5,7H2,1-2H3/t9-,10-/m1/s1. The average Bonchev–Trinajstić information content (AvgIpc) is 2.72. The van der Waals surface area contributed by atoms with Crippen LogP contribution in [0.15, 0.2) is 11.4 Å². The summed E-state index contributed by atoms with van der Waals surface area (Å²) < 4.78 is 5.51. The van der Waals surface area contributed by atoms with Crippen molar-refractivity contribution < 1.29 is 4.74 Å². The van der Waals surface area contributed by atoms with Gasteiger partial charge >= 0.3 is 0 Å². The number of thiophene rings is 1. The van der Waals surface area contributed by atoms with E-state index in [0.717, 1.165) is 19.6 Å². The van der Waals surface area contributed by atoms with E-state index in [0.29, 0.717) is 12.1 Å². The van der Waals surface area contributed by atoms with Gasteiger partial charge in [0.05, 0.1) is 6.10 Å². The summed E-state index contributed by atoms with van der Waals surface area (Å²) in [6, 6.07) is 2.72. The molecule has 2 nitrogen and oxygen atoms in total. The molecule has 1 saturated heterocycles. The molecular formula is C11H17NOS. The van der Waals surface area contributed by atoms with E-state index in [4.69, 9.17) is 4.74 Å². The Labute approximate surface area is 89.3 Å². The largest absolute Gasteiger partial charge is 0.377 e. The zero-order valence-electron chi connectivity index (χ0n) is 8.75. The fraction of sp³-hybridized carbons (Fsp3) is 0.636. The fourth-order valence-electron chi connectivity index (χ4n) is 1.81. The molecule has 1 aliphatic rings. The summed E-state index contributed by atoms with van der Waals surface area (Å²) in [4.78, 5) is 1.45. The average molecular weight is 211 g/mol. The first-order valence-electron chi connectivity index (χ1n) is 5.15. The van der Waals surface area contributed by atoms with Crippen molar-refractivity contribution in [1.29, 1.82) is 0 Å². The summed E-state index contributed by atoms with van der Waals surface area (Å²) >= 11 is 1.83. The minimum Gasteiger partial charge on any atom is -0.377 e. The summed E-state index contributed by atoms with van der Waals surface area (Å²) in [6.45, 7) is 6.21.